The summed E-state index contributed by atoms with van der Waals surface area (Å²) < 4.78 is 3.08. The van der Waals surface area contributed by atoms with Crippen molar-refractivity contribution < 1.29 is 4.79 Å². The highest BCUT2D eigenvalue weighted by Crippen LogP contribution is 2.31. The van der Waals surface area contributed by atoms with Gasteiger partial charge >= 0.3 is 0 Å². The van der Waals surface area contributed by atoms with Gasteiger partial charge in [0.2, 0.25) is 0 Å². The summed E-state index contributed by atoms with van der Waals surface area (Å²) in [5.74, 6) is -0.111. The molecule has 0 unspecified atom stereocenters. The number of carbonyl (C=O) groups is 1. The first-order chi connectivity index (χ1) is 14.7. The third kappa shape index (κ3) is 4.24. The van der Waals surface area contributed by atoms with Crippen molar-refractivity contribution in [3.05, 3.63) is 77.9 Å². The van der Waals surface area contributed by atoms with Gasteiger partial charge in [0.05, 0.1) is 28.2 Å². The standard InChI is InChI=1S/C23H21N5OS/c1-2-17-6-9-20-21(14-17)30-23(26-20)28(12-3-11-27-13-10-25-16-27)22(29)19-7-4-18(15-24)5-8-19/h4-10,13-14,16H,2-3,11-12H2,1H3. The zero-order valence-electron chi connectivity index (χ0n) is 16.7. The monoisotopic (exact) mass is 415 g/mol. The normalized spacial score (nSPS) is 10.8. The summed E-state index contributed by atoms with van der Waals surface area (Å²) in [6, 6.07) is 15.1. The molecule has 7 heteroatoms. The van der Waals surface area contributed by atoms with Crippen molar-refractivity contribution in [2.75, 3.05) is 11.4 Å². The summed E-state index contributed by atoms with van der Waals surface area (Å²) in [5.41, 5.74) is 3.23. The molecule has 0 aliphatic carbocycles. The maximum Gasteiger partial charge on any atom is 0.260 e. The Labute approximate surface area is 179 Å². The average Bonchev–Trinajstić information content (AvgIpc) is 3.45. The van der Waals surface area contributed by atoms with Crippen LogP contribution in [-0.2, 0) is 13.0 Å². The van der Waals surface area contributed by atoms with E-state index in [4.69, 9.17) is 10.2 Å². The second-order valence-corrected chi connectivity index (χ2v) is 7.96. The molecule has 2 aromatic heterocycles. The number of nitriles is 1. The molecule has 4 rings (SSSR count). The molecule has 2 aromatic carbocycles. The molecule has 4 aromatic rings. The van der Waals surface area contributed by atoms with Crippen LogP contribution in [0.4, 0.5) is 5.13 Å². The van der Waals surface area contributed by atoms with E-state index in [0.29, 0.717) is 22.8 Å². The number of aromatic nitrogens is 3. The van der Waals surface area contributed by atoms with E-state index in [0.717, 1.165) is 29.6 Å². The van der Waals surface area contributed by atoms with E-state index in [1.54, 1.807) is 41.7 Å². The summed E-state index contributed by atoms with van der Waals surface area (Å²) in [4.78, 5) is 23.9. The number of carbonyl (C=O) groups excluding carboxylic acids is 1. The van der Waals surface area contributed by atoms with E-state index >= 15 is 0 Å². The molecule has 6 nitrogen and oxygen atoms in total. The molecule has 0 aliphatic heterocycles. The van der Waals surface area contributed by atoms with Gasteiger partial charge in [0.15, 0.2) is 5.13 Å². The van der Waals surface area contributed by atoms with Crippen molar-refractivity contribution in [3.8, 4) is 6.07 Å². The van der Waals surface area contributed by atoms with Gasteiger partial charge in [0.25, 0.3) is 5.91 Å². The topological polar surface area (TPSA) is 74.8 Å². The summed E-state index contributed by atoms with van der Waals surface area (Å²) in [6.45, 7) is 3.43. The van der Waals surface area contributed by atoms with Crippen LogP contribution in [0.5, 0.6) is 0 Å². The molecule has 0 saturated heterocycles. The highest BCUT2D eigenvalue weighted by Gasteiger charge is 2.21. The zero-order chi connectivity index (χ0) is 20.9. The molecule has 30 heavy (non-hydrogen) atoms. The molecular weight excluding hydrogens is 394 g/mol. The molecule has 0 atom stereocenters. The van der Waals surface area contributed by atoms with Gasteiger partial charge in [-0.2, -0.15) is 5.26 Å². The molecule has 2 heterocycles. The summed E-state index contributed by atoms with van der Waals surface area (Å²) >= 11 is 1.54. The minimum absolute atomic E-state index is 0.111. The van der Waals surface area contributed by atoms with Gasteiger partial charge in [-0.1, -0.05) is 24.3 Å². The van der Waals surface area contributed by atoms with Crippen LogP contribution < -0.4 is 4.90 Å². The number of hydrogen-bond acceptors (Lipinski definition) is 5. The van der Waals surface area contributed by atoms with Crippen LogP contribution in [0, 0.1) is 11.3 Å². The van der Waals surface area contributed by atoms with Crippen LogP contribution >= 0.6 is 11.3 Å². The van der Waals surface area contributed by atoms with Gasteiger partial charge < -0.3 is 4.57 Å². The number of aryl methyl sites for hydroxylation is 2. The average molecular weight is 416 g/mol. The molecule has 1 amide bonds. The Bertz CT molecular complexity index is 1190. The number of fused-ring (bicyclic) bond motifs is 1. The Kier molecular flexibility index (Phi) is 5.87. The van der Waals surface area contributed by atoms with Crippen LogP contribution in [-0.4, -0.2) is 27.0 Å². The largest absolute Gasteiger partial charge is 0.337 e. The van der Waals surface area contributed by atoms with E-state index in [-0.39, 0.29) is 5.91 Å². The Morgan fingerprint density at radius 1 is 1.23 bits per heavy atom. The lowest BCUT2D eigenvalue weighted by Gasteiger charge is -2.20. The minimum Gasteiger partial charge on any atom is -0.337 e. The second-order valence-electron chi connectivity index (χ2n) is 6.95. The van der Waals surface area contributed by atoms with Crippen LogP contribution in [0.1, 0.15) is 34.8 Å². The SMILES string of the molecule is CCc1ccc2nc(N(CCCn3ccnc3)C(=O)c3ccc(C#N)cc3)sc2c1. The van der Waals surface area contributed by atoms with E-state index in [9.17, 15) is 4.79 Å². The van der Waals surface area contributed by atoms with Gasteiger partial charge in [-0.05, 0) is 54.8 Å². The summed E-state index contributed by atoms with van der Waals surface area (Å²) in [5, 5.41) is 9.72. The first-order valence-electron chi connectivity index (χ1n) is 9.85. The number of imidazole rings is 1. The van der Waals surface area contributed by atoms with E-state index in [1.165, 1.54) is 16.9 Å². The number of hydrogen-bond donors (Lipinski definition) is 0. The maximum atomic E-state index is 13.3. The second kappa shape index (κ2) is 8.89. The van der Waals surface area contributed by atoms with Crippen molar-refractivity contribution >= 4 is 32.6 Å². The van der Waals surface area contributed by atoms with Gasteiger partial charge in [0, 0.05) is 31.0 Å². The van der Waals surface area contributed by atoms with Gasteiger partial charge in [-0.3, -0.25) is 9.69 Å². The van der Waals surface area contributed by atoms with E-state index in [1.807, 2.05) is 16.8 Å². The fourth-order valence-electron chi connectivity index (χ4n) is 3.25. The lowest BCUT2D eigenvalue weighted by Crippen LogP contribution is -2.32. The predicted octanol–water partition coefficient (Wildman–Crippen LogP) is 4.66. The molecule has 0 radical (unpaired) electrons. The molecule has 0 N–H and O–H groups in total. The molecule has 0 saturated carbocycles. The molecule has 0 fully saturated rings. The lowest BCUT2D eigenvalue weighted by atomic mass is 10.1. The zero-order valence-corrected chi connectivity index (χ0v) is 17.5. The number of nitrogens with zero attached hydrogens (tertiary/aromatic N) is 5. The number of rotatable bonds is 7. The Morgan fingerprint density at radius 3 is 2.77 bits per heavy atom. The molecule has 0 spiro atoms. The third-order valence-electron chi connectivity index (χ3n) is 4.94. The lowest BCUT2D eigenvalue weighted by molar-refractivity contribution is 0.0986. The van der Waals surface area contributed by atoms with Crippen molar-refractivity contribution in [1.29, 1.82) is 5.26 Å². The summed E-state index contributed by atoms with van der Waals surface area (Å²) in [6.07, 6.45) is 7.17. The van der Waals surface area contributed by atoms with Crippen molar-refractivity contribution in [3.63, 3.8) is 0 Å². The van der Waals surface area contributed by atoms with E-state index < -0.39 is 0 Å². The van der Waals surface area contributed by atoms with Crippen LogP contribution in [0.25, 0.3) is 10.2 Å². The Balaban J connectivity index is 1.63. The summed E-state index contributed by atoms with van der Waals surface area (Å²) in [7, 11) is 0. The smallest absolute Gasteiger partial charge is 0.260 e. The molecular formula is C23H21N5OS. The van der Waals surface area contributed by atoms with Crippen molar-refractivity contribution in [2.24, 2.45) is 0 Å². The molecule has 0 aliphatic rings. The Morgan fingerprint density at radius 2 is 2.07 bits per heavy atom. The van der Waals surface area contributed by atoms with Gasteiger partial charge in [-0.25, -0.2) is 9.97 Å². The first-order valence-corrected chi connectivity index (χ1v) is 10.7. The highest BCUT2D eigenvalue weighted by molar-refractivity contribution is 7.22. The van der Waals surface area contributed by atoms with Gasteiger partial charge in [0.1, 0.15) is 0 Å². The number of benzene rings is 2. The van der Waals surface area contributed by atoms with Crippen LogP contribution in [0.15, 0.2) is 61.2 Å². The number of thiazole rings is 1. The van der Waals surface area contributed by atoms with Crippen LogP contribution in [0.3, 0.4) is 0 Å². The third-order valence-corrected chi connectivity index (χ3v) is 5.99. The first kappa shape index (κ1) is 19.8. The maximum absolute atomic E-state index is 13.3. The number of amides is 1. The van der Waals surface area contributed by atoms with Crippen molar-refractivity contribution in [2.45, 2.75) is 26.3 Å². The fourth-order valence-corrected chi connectivity index (χ4v) is 4.30. The Hall–Kier alpha value is -3.50. The van der Waals surface area contributed by atoms with Crippen molar-refractivity contribution in [1.82, 2.24) is 14.5 Å². The fraction of sp³-hybridized carbons (Fsp3) is 0.217. The quantitative estimate of drug-likeness (QED) is 0.440. The van der Waals surface area contributed by atoms with E-state index in [2.05, 4.69) is 30.1 Å². The van der Waals surface area contributed by atoms with Crippen LogP contribution in [0.2, 0.25) is 0 Å². The molecule has 0 bridgehead atoms. The molecule has 150 valence electrons. The minimum atomic E-state index is -0.111. The van der Waals surface area contributed by atoms with Gasteiger partial charge in [-0.15, -0.1) is 0 Å². The number of anilines is 1. The highest BCUT2D eigenvalue weighted by atomic mass is 32.1. The predicted molar refractivity (Wildman–Crippen MR) is 119 cm³/mol.